The Kier molecular flexibility index (Phi) is 3.81. The van der Waals surface area contributed by atoms with E-state index >= 15 is 0 Å². The summed E-state index contributed by atoms with van der Waals surface area (Å²) < 4.78 is 5.60. The number of amides is 2. The molecule has 0 saturated carbocycles. The maximum absolute atomic E-state index is 12.1. The first-order chi connectivity index (χ1) is 8.54. The second kappa shape index (κ2) is 5.35. The van der Waals surface area contributed by atoms with Crippen LogP contribution in [0.15, 0.2) is 18.3 Å². The predicted octanol–water partition coefficient (Wildman–Crippen LogP) is 2.03. The molecule has 0 bridgehead atoms. The number of ether oxygens (including phenoxy) is 1. The molecule has 2 atom stereocenters. The largest absolute Gasteiger partial charge is 0.372 e. The molecule has 0 aromatic carbocycles. The monoisotopic (exact) mass is 249 g/mol. The fourth-order valence-corrected chi connectivity index (χ4v) is 2.07. The Labute approximate surface area is 107 Å². The number of anilines is 1. The average Bonchev–Trinajstić information content (AvgIpc) is 2.31. The lowest BCUT2D eigenvalue weighted by molar-refractivity contribution is -0.0530. The Morgan fingerprint density at radius 2 is 2.06 bits per heavy atom. The molecule has 1 fully saturated rings. The summed E-state index contributed by atoms with van der Waals surface area (Å²) in [5, 5.41) is 2.80. The maximum atomic E-state index is 12.1. The van der Waals surface area contributed by atoms with E-state index in [1.54, 1.807) is 17.2 Å². The zero-order chi connectivity index (χ0) is 13.1. The van der Waals surface area contributed by atoms with E-state index in [1.807, 2.05) is 26.8 Å². The van der Waals surface area contributed by atoms with Gasteiger partial charge in [-0.3, -0.25) is 5.32 Å². The molecular formula is C13H19N3O2. The van der Waals surface area contributed by atoms with Gasteiger partial charge in [-0.25, -0.2) is 9.78 Å². The van der Waals surface area contributed by atoms with E-state index in [2.05, 4.69) is 10.3 Å². The van der Waals surface area contributed by atoms with Crippen LogP contribution in [0, 0.1) is 6.92 Å². The summed E-state index contributed by atoms with van der Waals surface area (Å²) in [5.41, 5.74) is 1.07. The third-order valence-corrected chi connectivity index (χ3v) is 2.85. The minimum atomic E-state index is -0.117. The summed E-state index contributed by atoms with van der Waals surface area (Å²) in [7, 11) is 0. The highest BCUT2D eigenvalue weighted by molar-refractivity contribution is 5.88. The number of hydrogen-bond acceptors (Lipinski definition) is 3. The van der Waals surface area contributed by atoms with E-state index in [0.29, 0.717) is 18.9 Å². The van der Waals surface area contributed by atoms with Gasteiger partial charge in [0.2, 0.25) is 0 Å². The van der Waals surface area contributed by atoms with E-state index < -0.39 is 0 Å². The number of carbonyl (C=O) groups excluding carboxylic acids is 1. The molecule has 2 amide bonds. The van der Waals surface area contributed by atoms with Gasteiger partial charge in [0.1, 0.15) is 5.82 Å². The van der Waals surface area contributed by atoms with E-state index in [1.165, 1.54) is 0 Å². The molecule has 2 rings (SSSR count). The predicted molar refractivity (Wildman–Crippen MR) is 69.6 cm³/mol. The van der Waals surface area contributed by atoms with E-state index in [9.17, 15) is 4.79 Å². The number of aromatic nitrogens is 1. The van der Waals surface area contributed by atoms with E-state index in [-0.39, 0.29) is 18.2 Å². The first-order valence-electron chi connectivity index (χ1n) is 6.18. The molecule has 1 aromatic heterocycles. The summed E-state index contributed by atoms with van der Waals surface area (Å²) >= 11 is 0. The number of nitrogens with one attached hydrogen (secondary N) is 1. The van der Waals surface area contributed by atoms with Gasteiger partial charge in [-0.05, 0) is 32.4 Å². The molecule has 0 radical (unpaired) electrons. The molecule has 18 heavy (non-hydrogen) atoms. The average molecular weight is 249 g/mol. The van der Waals surface area contributed by atoms with Crippen molar-refractivity contribution in [2.75, 3.05) is 18.4 Å². The SMILES string of the molecule is Cc1ccc(NC(=O)N2C[C@@H](C)O[C@@H](C)C2)nc1. The van der Waals surface area contributed by atoms with Crippen LogP contribution >= 0.6 is 0 Å². The molecule has 1 saturated heterocycles. The Balaban J connectivity index is 1.97. The van der Waals surface area contributed by atoms with Crippen LogP contribution in [0.25, 0.3) is 0 Å². The summed E-state index contributed by atoms with van der Waals surface area (Å²) in [6.07, 6.45) is 1.89. The first kappa shape index (κ1) is 12.8. The summed E-state index contributed by atoms with van der Waals surface area (Å²) in [4.78, 5) is 18.0. The molecule has 1 aromatic rings. The lowest BCUT2D eigenvalue weighted by Gasteiger charge is -2.35. The van der Waals surface area contributed by atoms with E-state index in [4.69, 9.17) is 4.74 Å². The van der Waals surface area contributed by atoms with Gasteiger partial charge >= 0.3 is 6.03 Å². The summed E-state index contributed by atoms with van der Waals surface area (Å²) in [6, 6.07) is 3.61. The van der Waals surface area contributed by atoms with Crippen LogP contribution in [-0.4, -0.2) is 41.2 Å². The van der Waals surface area contributed by atoms with Gasteiger partial charge < -0.3 is 9.64 Å². The van der Waals surface area contributed by atoms with Crippen LogP contribution in [-0.2, 0) is 4.74 Å². The smallest absolute Gasteiger partial charge is 0.323 e. The molecule has 98 valence electrons. The first-order valence-corrected chi connectivity index (χ1v) is 6.18. The van der Waals surface area contributed by atoms with Crippen molar-refractivity contribution in [1.29, 1.82) is 0 Å². The highest BCUT2D eigenvalue weighted by Crippen LogP contribution is 2.12. The van der Waals surface area contributed by atoms with Crippen LogP contribution in [0.1, 0.15) is 19.4 Å². The third kappa shape index (κ3) is 3.20. The fourth-order valence-electron chi connectivity index (χ4n) is 2.07. The third-order valence-electron chi connectivity index (χ3n) is 2.85. The van der Waals surface area contributed by atoms with Gasteiger partial charge in [0.25, 0.3) is 0 Å². The molecule has 5 nitrogen and oxygen atoms in total. The molecule has 0 aliphatic carbocycles. The number of rotatable bonds is 1. The molecule has 1 N–H and O–H groups in total. The molecule has 2 heterocycles. The van der Waals surface area contributed by atoms with Crippen LogP contribution in [0.5, 0.6) is 0 Å². The lowest BCUT2D eigenvalue weighted by Crippen LogP contribution is -2.49. The van der Waals surface area contributed by atoms with Crippen molar-refractivity contribution < 1.29 is 9.53 Å². The van der Waals surface area contributed by atoms with Crippen LogP contribution in [0.2, 0.25) is 0 Å². The van der Waals surface area contributed by atoms with Gasteiger partial charge in [-0.2, -0.15) is 0 Å². The van der Waals surface area contributed by atoms with Crippen molar-refractivity contribution in [2.24, 2.45) is 0 Å². The van der Waals surface area contributed by atoms with Crippen LogP contribution in [0.4, 0.5) is 10.6 Å². The maximum Gasteiger partial charge on any atom is 0.323 e. The minimum Gasteiger partial charge on any atom is -0.372 e. The Bertz CT molecular complexity index is 409. The number of morpholine rings is 1. The molecule has 5 heteroatoms. The van der Waals surface area contributed by atoms with Crippen LogP contribution < -0.4 is 5.32 Å². The summed E-state index contributed by atoms with van der Waals surface area (Å²) in [5.74, 6) is 0.581. The second-order valence-electron chi connectivity index (χ2n) is 4.81. The van der Waals surface area contributed by atoms with E-state index in [0.717, 1.165) is 5.56 Å². The van der Waals surface area contributed by atoms with Gasteiger partial charge in [-0.15, -0.1) is 0 Å². The standard InChI is InChI=1S/C13H19N3O2/c1-9-4-5-12(14-6-9)15-13(17)16-7-10(2)18-11(3)8-16/h4-6,10-11H,7-8H2,1-3H3,(H,14,15,17)/t10-,11+. The Hall–Kier alpha value is -1.62. The zero-order valence-electron chi connectivity index (χ0n) is 11.0. The highest BCUT2D eigenvalue weighted by Gasteiger charge is 2.25. The van der Waals surface area contributed by atoms with Crippen molar-refractivity contribution in [3.05, 3.63) is 23.9 Å². The van der Waals surface area contributed by atoms with Crippen molar-refractivity contribution in [2.45, 2.75) is 33.0 Å². The highest BCUT2D eigenvalue weighted by atomic mass is 16.5. The number of carbonyl (C=O) groups is 1. The number of hydrogen-bond donors (Lipinski definition) is 1. The van der Waals surface area contributed by atoms with Gasteiger partial charge in [0.15, 0.2) is 0 Å². The van der Waals surface area contributed by atoms with Crippen molar-refractivity contribution in [3.8, 4) is 0 Å². The fraction of sp³-hybridized carbons (Fsp3) is 0.538. The molecular weight excluding hydrogens is 230 g/mol. The molecule has 0 spiro atoms. The number of urea groups is 1. The zero-order valence-corrected chi connectivity index (χ0v) is 11.0. The number of aryl methyl sites for hydroxylation is 1. The topological polar surface area (TPSA) is 54.5 Å². The Morgan fingerprint density at radius 1 is 1.39 bits per heavy atom. The quantitative estimate of drug-likeness (QED) is 0.828. The van der Waals surface area contributed by atoms with Gasteiger partial charge in [0.05, 0.1) is 12.2 Å². The van der Waals surface area contributed by atoms with Crippen molar-refractivity contribution in [3.63, 3.8) is 0 Å². The normalized spacial score (nSPS) is 23.8. The molecule has 0 unspecified atom stereocenters. The number of pyridine rings is 1. The minimum absolute atomic E-state index is 0.0745. The second-order valence-corrected chi connectivity index (χ2v) is 4.81. The van der Waals surface area contributed by atoms with Crippen LogP contribution in [0.3, 0.4) is 0 Å². The summed E-state index contributed by atoms with van der Waals surface area (Å²) in [6.45, 7) is 7.13. The molecule has 1 aliphatic rings. The number of nitrogens with zero attached hydrogens (tertiary/aromatic N) is 2. The van der Waals surface area contributed by atoms with Crippen molar-refractivity contribution >= 4 is 11.8 Å². The lowest BCUT2D eigenvalue weighted by atomic mass is 10.2. The molecule has 1 aliphatic heterocycles. The van der Waals surface area contributed by atoms with Gasteiger partial charge in [0, 0.05) is 19.3 Å². The van der Waals surface area contributed by atoms with Gasteiger partial charge in [-0.1, -0.05) is 6.07 Å². The van der Waals surface area contributed by atoms with Crippen molar-refractivity contribution in [1.82, 2.24) is 9.88 Å². The Morgan fingerprint density at radius 3 is 2.61 bits per heavy atom.